The topological polar surface area (TPSA) is 8.81 Å². The Balaban J connectivity index is 1.51. The van der Waals surface area contributed by atoms with Gasteiger partial charge in [-0.05, 0) is 31.4 Å². The first-order valence-corrected chi connectivity index (χ1v) is 22.0. The first-order chi connectivity index (χ1) is 23.9. The minimum absolute atomic E-state index is 1.17. The van der Waals surface area contributed by atoms with E-state index in [0.29, 0.717) is 0 Å². The van der Waals surface area contributed by atoms with Crippen molar-refractivity contribution in [2.45, 2.75) is 239 Å². The number of aromatic nitrogens is 2. The second-order valence-electron chi connectivity index (χ2n) is 15.3. The summed E-state index contributed by atoms with van der Waals surface area (Å²) in [6.07, 6.45) is 53.2. The van der Waals surface area contributed by atoms with E-state index in [2.05, 4.69) is 65.7 Å². The molecule has 0 saturated carbocycles. The van der Waals surface area contributed by atoms with Gasteiger partial charge in [0, 0.05) is 6.42 Å². The van der Waals surface area contributed by atoms with Gasteiger partial charge in [0.25, 0.3) is 5.82 Å². The number of hydrogen-bond donors (Lipinski definition) is 0. The largest absolute Gasteiger partial charge is 0.261 e. The van der Waals surface area contributed by atoms with Crippen LogP contribution in [0.25, 0.3) is 5.69 Å². The predicted molar refractivity (Wildman–Crippen MR) is 213 cm³/mol. The van der Waals surface area contributed by atoms with E-state index in [4.69, 9.17) is 0 Å². The van der Waals surface area contributed by atoms with Gasteiger partial charge in [0.2, 0.25) is 0 Å². The van der Waals surface area contributed by atoms with Gasteiger partial charge >= 0.3 is 0 Å². The van der Waals surface area contributed by atoms with E-state index in [1.165, 1.54) is 236 Å². The highest BCUT2D eigenvalue weighted by molar-refractivity contribution is 5.31. The van der Waals surface area contributed by atoms with Gasteiger partial charge in [-0.2, -0.15) is 4.57 Å². The molecule has 0 fully saturated rings. The fraction of sp³-hybridized carbons (Fsp3) is 0.804. The summed E-state index contributed by atoms with van der Waals surface area (Å²) in [5, 5.41) is 0. The molecule has 1 heterocycles. The van der Waals surface area contributed by atoms with Crippen LogP contribution < -0.4 is 4.57 Å². The minimum atomic E-state index is 1.17. The van der Waals surface area contributed by atoms with E-state index < -0.39 is 0 Å². The second kappa shape index (κ2) is 32.6. The van der Waals surface area contributed by atoms with E-state index in [1.54, 1.807) is 0 Å². The Kier molecular flexibility index (Phi) is 29.0. The maximum Gasteiger partial charge on any atom is 0.261 e. The predicted octanol–water partition coefficient (Wildman–Crippen LogP) is 15.2. The van der Waals surface area contributed by atoms with E-state index in [1.807, 2.05) is 0 Å². The molecule has 2 rings (SSSR count). The van der Waals surface area contributed by atoms with Gasteiger partial charge in [0.05, 0.1) is 6.54 Å². The molecule has 2 nitrogen and oxygen atoms in total. The average molecular weight is 664 g/mol. The Hall–Kier alpha value is -1.57. The first kappa shape index (κ1) is 42.6. The van der Waals surface area contributed by atoms with Crippen molar-refractivity contribution in [3.63, 3.8) is 0 Å². The summed E-state index contributed by atoms with van der Waals surface area (Å²) in [6, 6.07) is 11.0. The van der Waals surface area contributed by atoms with Crippen LogP contribution in [0.3, 0.4) is 0 Å². The Morgan fingerprint density at radius 3 is 1.10 bits per heavy atom. The highest BCUT2D eigenvalue weighted by Crippen LogP contribution is 2.17. The van der Waals surface area contributed by atoms with Crippen molar-refractivity contribution in [1.82, 2.24) is 4.57 Å². The number of hydrogen-bond acceptors (Lipinski definition) is 0. The summed E-state index contributed by atoms with van der Waals surface area (Å²) in [6.45, 7) is 5.79. The van der Waals surface area contributed by atoms with E-state index in [0.717, 1.165) is 0 Å². The van der Waals surface area contributed by atoms with Gasteiger partial charge in [0.1, 0.15) is 18.1 Å². The van der Waals surface area contributed by atoms with Crippen molar-refractivity contribution in [1.29, 1.82) is 0 Å². The Labute approximate surface area is 301 Å². The van der Waals surface area contributed by atoms with Gasteiger partial charge in [-0.15, -0.1) is 0 Å². The van der Waals surface area contributed by atoms with Crippen LogP contribution in [0, 0.1) is 0 Å². The van der Waals surface area contributed by atoms with Crippen LogP contribution in [0.4, 0.5) is 0 Å². The third-order valence-electron chi connectivity index (χ3n) is 10.8. The van der Waals surface area contributed by atoms with Crippen LogP contribution in [0.15, 0.2) is 42.7 Å². The number of imidazole rings is 1. The van der Waals surface area contributed by atoms with Crippen LogP contribution in [-0.4, -0.2) is 4.57 Å². The number of unbranched alkanes of at least 4 members (excludes halogenated alkanes) is 31. The SMILES string of the molecule is CCCCCCCCCCCCCCCCCCCc1n(-c2ccccc2)cc[n+]1CCCCCCCCCCCCCCCCCC. The molecule has 0 radical (unpaired) electrons. The maximum absolute atomic E-state index is 2.57. The normalized spacial score (nSPS) is 11.5. The van der Waals surface area contributed by atoms with E-state index >= 15 is 0 Å². The lowest BCUT2D eigenvalue weighted by atomic mass is 10.0. The number of para-hydroxylation sites is 1. The van der Waals surface area contributed by atoms with Crippen LogP contribution in [0.1, 0.15) is 232 Å². The Morgan fingerprint density at radius 1 is 0.396 bits per heavy atom. The molecule has 2 aromatic rings. The van der Waals surface area contributed by atoms with Crippen molar-refractivity contribution in [3.05, 3.63) is 48.5 Å². The fourth-order valence-electron chi connectivity index (χ4n) is 7.59. The lowest BCUT2D eigenvalue weighted by Gasteiger charge is -2.07. The van der Waals surface area contributed by atoms with Crippen molar-refractivity contribution in [2.75, 3.05) is 0 Å². The number of nitrogens with zero attached hydrogens (tertiary/aromatic N) is 2. The van der Waals surface area contributed by atoms with Crippen molar-refractivity contribution < 1.29 is 4.57 Å². The van der Waals surface area contributed by atoms with Gasteiger partial charge in [-0.25, -0.2) is 4.57 Å². The Bertz CT molecular complexity index is 915. The summed E-state index contributed by atoms with van der Waals surface area (Å²) >= 11 is 0. The van der Waals surface area contributed by atoms with E-state index in [9.17, 15) is 0 Å². The lowest BCUT2D eigenvalue weighted by molar-refractivity contribution is -0.704. The smallest absolute Gasteiger partial charge is 0.234 e. The maximum atomic E-state index is 2.57. The molecule has 1 aromatic heterocycles. The molecule has 1 aromatic carbocycles. The number of rotatable bonds is 36. The van der Waals surface area contributed by atoms with Gasteiger partial charge in [-0.1, -0.05) is 225 Å². The van der Waals surface area contributed by atoms with Crippen LogP contribution in [0.2, 0.25) is 0 Å². The fourth-order valence-corrected chi connectivity index (χ4v) is 7.59. The zero-order valence-electron chi connectivity index (χ0n) is 32.7. The molecular weight excluding hydrogens is 581 g/mol. The van der Waals surface area contributed by atoms with Crippen LogP contribution >= 0.6 is 0 Å². The highest BCUT2D eigenvalue weighted by Gasteiger charge is 2.18. The second-order valence-corrected chi connectivity index (χ2v) is 15.3. The summed E-state index contributed by atoms with van der Waals surface area (Å²) in [5.74, 6) is 1.50. The van der Waals surface area contributed by atoms with E-state index in [-0.39, 0.29) is 0 Å². The molecule has 2 heteroatoms. The third kappa shape index (κ3) is 22.9. The van der Waals surface area contributed by atoms with Gasteiger partial charge in [-0.3, -0.25) is 0 Å². The summed E-state index contributed by atoms with van der Waals surface area (Å²) < 4.78 is 5.03. The summed E-state index contributed by atoms with van der Waals surface area (Å²) in [5.41, 5.74) is 1.31. The average Bonchev–Trinajstić information content (AvgIpc) is 3.52. The van der Waals surface area contributed by atoms with Gasteiger partial charge < -0.3 is 0 Å². The van der Waals surface area contributed by atoms with Gasteiger partial charge in [0.15, 0.2) is 0 Å². The molecule has 48 heavy (non-hydrogen) atoms. The molecule has 0 aliphatic rings. The summed E-state index contributed by atoms with van der Waals surface area (Å²) in [4.78, 5) is 0. The molecule has 0 spiro atoms. The number of benzene rings is 1. The molecule has 0 aliphatic carbocycles. The highest BCUT2D eigenvalue weighted by atomic mass is 15.1. The molecule has 0 saturated heterocycles. The van der Waals surface area contributed by atoms with Crippen molar-refractivity contribution in [2.24, 2.45) is 0 Å². The Morgan fingerprint density at radius 2 is 0.729 bits per heavy atom. The van der Waals surface area contributed by atoms with Crippen molar-refractivity contribution in [3.8, 4) is 5.69 Å². The minimum Gasteiger partial charge on any atom is -0.234 e. The lowest BCUT2D eigenvalue weighted by Crippen LogP contribution is -2.37. The third-order valence-corrected chi connectivity index (χ3v) is 10.8. The quantitative estimate of drug-likeness (QED) is 0.0507. The zero-order chi connectivity index (χ0) is 34.0. The monoisotopic (exact) mass is 664 g/mol. The molecular formula is C46H83N2+. The molecule has 276 valence electrons. The zero-order valence-corrected chi connectivity index (χ0v) is 32.7. The van der Waals surface area contributed by atoms with Crippen LogP contribution in [0.5, 0.6) is 0 Å². The molecule has 0 N–H and O–H groups in total. The molecule has 0 bridgehead atoms. The first-order valence-electron chi connectivity index (χ1n) is 22.0. The summed E-state index contributed by atoms with van der Waals surface area (Å²) in [7, 11) is 0. The van der Waals surface area contributed by atoms with Crippen LogP contribution in [-0.2, 0) is 13.0 Å². The van der Waals surface area contributed by atoms with Crippen molar-refractivity contribution >= 4 is 0 Å². The molecule has 0 amide bonds. The molecule has 0 unspecified atom stereocenters. The molecule has 0 atom stereocenters. The molecule has 0 aliphatic heterocycles. The standard InChI is InChI=1S/C46H83N2/c1-3-5-7-9-11-13-15-17-19-21-22-24-26-28-30-32-37-41-46-47(43-44-48(46)45-39-35-34-36-40-45)42-38-33-31-29-27-25-23-20-18-16-14-12-10-8-6-4-2/h34-36,39-40,43-44H,3-33,37-38,41-42H2,1-2H3/q+1. The number of aryl methyl sites for hydroxylation is 1.